The van der Waals surface area contributed by atoms with Crippen molar-refractivity contribution in [3.8, 4) is 11.5 Å². The van der Waals surface area contributed by atoms with Crippen molar-refractivity contribution in [2.75, 3.05) is 12.4 Å². The SMILES string of the molecule is COc1cc(/C=N\NC(=O)c2ccc(Cl)c(Cl)c2)cc(Cl)c1OS(=O)(=O)c1ccc(NC(C)=O)cc1. The summed E-state index contributed by atoms with van der Waals surface area (Å²) in [4.78, 5) is 23.2. The van der Waals surface area contributed by atoms with Gasteiger partial charge in [-0.05, 0) is 60.2 Å². The monoisotopic (exact) mass is 569 g/mol. The van der Waals surface area contributed by atoms with Gasteiger partial charge in [0.1, 0.15) is 4.90 Å². The molecule has 0 aliphatic carbocycles. The van der Waals surface area contributed by atoms with Crippen LogP contribution in [-0.2, 0) is 14.9 Å². The normalized spacial score (nSPS) is 11.2. The third-order valence-corrected chi connectivity index (χ3v) is 6.73. The van der Waals surface area contributed by atoms with Crippen LogP contribution in [0.25, 0.3) is 0 Å². The van der Waals surface area contributed by atoms with Gasteiger partial charge in [0.05, 0.1) is 28.4 Å². The van der Waals surface area contributed by atoms with Gasteiger partial charge < -0.3 is 14.2 Å². The lowest BCUT2D eigenvalue weighted by molar-refractivity contribution is -0.114. The quantitative estimate of drug-likeness (QED) is 0.219. The molecule has 3 aromatic rings. The van der Waals surface area contributed by atoms with Crippen LogP contribution >= 0.6 is 34.8 Å². The minimum Gasteiger partial charge on any atom is -0.493 e. The highest BCUT2D eigenvalue weighted by Gasteiger charge is 2.22. The minimum atomic E-state index is -4.28. The fraction of sp³-hybridized carbons (Fsp3) is 0.0870. The van der Waals surface area contributed by atoms with Gasteiger partial charge in [-0.15, -0.1) is 0 Å². The number of methoxy groups -OCH3 is 1. The maximum atomic E-state index is 12.8. The summed E-state index contributed by atoms with van der Waals surface area (Å²) in [6, 6.07) is 12.6. The first kappa shape index (κ1) is 27.3. The molecule has 0 radical (unpaired) electrons. The molecule has 188 valence electrons. The topological polar surface area (TPSA) is 123 Å². The summed E-state index contributed by atoms with van der Waals surface area (Å²) in [5.74, 6) is -1.05. The molecule has 9 nitrogen and oxygen atoms in total. The number of nitrogens with zero attached hydrogens (tertiary/aromatic N) is 1. The summed E-state index contributed by atoms with van der Waals surface area (Å²) in [7, 11) is -2.97. The van der Waals surface area contributed by atoms with Crippen molar-refractivity contribution in [3.63, 3.8) is 0 Å². The van der Waals surface area contributed by atoms with Gasteiger partial charge in [-0.3, -0.25) is 9.59 Å². The molecule has 0 bridgehead atoms. The second-order valence-corrected chi connectivity index (χ2v) is 9.87. The molecule has 0 unspecified atom stereocenters. The van der Waals surface area contributed by atoms with Crippen molar-refractivity contribution < 1.29 is 26.9 Å². The molecule has 2 N–H and O–H groups in total. The van der Waals surface area contributed by atoms with Crippen LogP contribution in [0.5, 0.6) is 11.5 Å². The van der Waals surface area contributed by atoms with E-state index in [4.69, 9.17) is 43.7 Å². The number of hydrogen-bond donors (Lipinski definition) is 2. The van der Waals surface area contributed by atoms with Crippen molar-refractivity contribution in [2.24, 2.45) is 5.10 Å². The van der Waals surface area contributed by atoms with Crippen LogP contribution in [-0.4, -0.2) is 33.6 Å². The number of hydrazone groups is 1. The van der Waals surface area contributed by atoms with Gasteiger partial charge in [-0.1, -0.05) is 34.8 Å². The van der Waals surface area contributed by atoms with Gasteiger partial charge in [-0.2, -0.15) is 13.5 Å². The molecule has 3 rings (SSSR count). The molecule has 0 spiro atoms. The van der Waals surface area contributed by atoms with E-state index in [-0.39, 0.29) is 37.9 Å². The van der Waals surface area contributed by atoms with E-state index in [1.165, 1.54) is 74.8 Å². The standard InChI is InChI=1S/C23H18Cl3N3O6S/c1-13(30)28-16-4-6-17(7-5-16)36(32,33)35-22-20(26)9-14(10-21(22)34-2)12-27-29-23(31)15-3-8-18(24)19(25)11-15/h3-12H,1-2H3,(H,28,30)(H,29,31)/b27-12-. The molecular formula is C23H18Cl3N3O6S. The Labute approximate surface area is 222 Å². The number of ether oxygens (including phenoxy) is 1. The maximum absolute atomic E-state index is 12.8. The fourth-order valence-corrected chi connectivity index (χ4v) is 4.39. The van der Waals surface area contributed by atoms with Crippen molar-refractivity contribution in [1.29, 1.82) is 0 Å². The summed E-state index contributed by atoms with van der Waals surface area (Å²) in [6.07, 6.45) is 1.28. The molecule has 0 aliphatic rings. The van der Waals surface area contributed by atoms with Crippen LogP contribution in [0, 0.1) is 0 Å². The van der Waals surface area contributed by atoms with Gasteiger partial charge in [-0.25, -0.2) is 5.43 Å². The van der Waals surface area contributed by atoms with Gasteiger partial charge in [0.2, 0.25) is 11.7 Å². The molecule has 0 atom stereocenters. The number of amides is 2. The summed E-state index contributed by atoms with van der Waals surface area (Å²) in [5.41, 5.74) is 3.39. The van der Waals surface area contributed by atoms with Gasteiger partial charge in [0, 0.05) is 18.2 Å². The molecular weight excluding hydrogens is 553 g/mol. The number of halogens is 3. The van der Waals surface area contributed by atoms with E-state index in [9.17, 15) is 18.0 Å². The number of carbonyl (C=O) groups excluding carboxylic acids is 2. The van der Waals surface area contributed by atoms with E-state index in [0.717, 1.165) is 0 Å². The molecule has 36 heavy (non-hydrogen) atoms. The Hall–Kier alpha value is -3.31. The second-order valence-electron chi connectivity index (χ2n) is 7.11. The highest BCUT2D eigenvalue weighted by atomic mass is 35.5. The largest absolute Gasteiger partial charge is 0.493 e. The van der Waals surface area contributed by atoms with E-state index in [0.29, 0.717) is 16.3 Å². The molecule has 0 aromatic heterocycles. The second kappa shape index (κ2) is 11.6. The Morgan fingerprint density at radius 2 is 1.64 bits per heavy atom. The van der Waals surface area contributed by atoms with E-state index >= 15 is 0 Å². The average molecular weight is 571 g/mol. The molecule has 0 heterocycles. The summed E-state index contributed by atoms with van der Waals surface area (Å²) >= 11 is 18.0. The highest BCUT2D eigenvalue weighted by molar-refractivity contribution is 7.87. The predicted octanol–water partition coefficient (Wildman–Crippen LogP) is 5.15. The smallest absolute Gasteiger partial charge is 0.339 e. The third-order valence-electron chi connectivity index (χ3n) is 4.47. The molecule has 2 amide bonds. The third kappa shape index (κ3) is 6.88. The molecule has 0 fully saturated rings. The highest BCUT2D eigenvalue weighted by Crippen LogP contribution is 2.38. The molecule has 0 saturated carbocycles. The lowest BCUT2D eigenvalue weighted by Crippen LogP contribution is -2.17. The number of rotatable bonds is 8. The predicted molar refractivity (Wildman–Crippen MR) is 138 cm³/mol. The number of nitrogens with one attached hydrogen (secondary N) is 2. The summed E-state index contributed by atoms with van der Waals surface area (Å²) in [5, 5.41) is 6.85. The molecule has 3 aromatic carbocycles. The van der Waals surface area contributed by atoms with Gasteiger partial charge in [0.15, 0.2) is 5.75 Å². The first-order chi connectivity index (χ1) is 17.0. The fourth-order valence-electron chi connectivity index (χ4n) is 2.83. The molecule has 0 saturated heterocycles. The Morgan fingerprint density at radius 3 is 2.25 bits per heavy atom. The van der Waals surface area contributed by atoms with E-state index in [1.54, 1.807) is 0 Å². The summed E-state index contributed by atoms with van der Waals surface area (Å²) < 4.78 is 36.0. The van der Waals surface area contributed by atoms with E-state index in [1.807, 2.05) is 0 Å². The number of anilines is 1. The number of benzene rings is 3. The van der Waals surface area contributed by atoms with Gasteiger partial charge in [0.25, 0.3) is 5.91 Å². The minimum absolute atomic E-state index is 0.0122. The van der Waals surface area contributed by atoms with Crippen molar-refractivity contribution in [3.05, 3.63) is 80.8 Å². The van der Waals surface area contributed by atoms with Crippen LogP contribution in [0.4, 0.5) is 5.69 Å². The molecule has 13 heteroatoms. The van der Waals surface area contributed by atoms with E-state index in [2.05, 4.69) is 15.8 Å². The zero-order chi connectivity index (χ0) is 26.5. The summed E-state index contributed by atoms with van der Waals surface area (Å²) in [6.45, 7) is 1.33. The first-order valence-corrected chi connectivity index (χ1v) is 12.5. The number of hydrogen-bond acceptors (Lipinski definition) is 7. The van der Waals surface area contributed by atoms with Crippen molar-refractivity contribution in [1.82, 2.24) is 5.43 Å². The zero-order valence-corrected chi connectivity index (χ0v) is 21.8. The van der Waals surface area contributed by atoms with Crippen LogP contribution in [0.2, 0.25) is 15.1 Å². The van der Waals surface area contributed by atoms with Gasteiger partial charge >= 0.3 is 10.1 Å². The van der Waals surface area contributed by atoms with Crippen LogP contribution < -0.4 is 19.7 Å². The lowest BCUT2D eigenvalue weighted by atomic mass is 10.2. The van der Waals surface area contributed by atoms with Crippen LogP contribution in [0.3, 0.4) is 0 Å². The number of carbonyl (C=O) groups is 2. The lowest BCUT2D eigenvalue weighted by Gasteiger charge is -2.13. The Morgan fingerprint density at radius 1 is 0.944 bits per heavy atom. The van der Waals surface area contributed by atoms with Crippen LogP contribution in [0.1, 0.15) is 22.8 Å². The van der Waals surface area contributed by atoms with E-state index < -0.39 is 16.0 Å². The Balaban J connectivity index is 1.77. The zero-order valence-electron chi connectivity index (χ0n) is 18.7. The maximum Gasteiger partial charge on any atom is 0.339 e. The first-order valence-electron chi connectivity index (χ1n) is 9.98. The average Bonchev–Trinajstić information content (AvgIpc) is 2.82. The Kier molecular flexibility index (Phi) is 8.80. The van der Waals surface area contributed by atoms with Crippen molar-refractivity contribution >= 4 is 68.6 Å². The molecule has 0 aliphatic heterocycles. The van der Waals surface area contributed by atoms with Crippen molar-refractivity contribution in [2.45, 2.75) is 11.8 Å². The van der Waals surface area contributed by atoms with Crippen LogP contribution in [0.15, 0.2) is 64.6 Å². The Bertz CT molecular complexity index is 1440.